The van der Waals surface area contributed by atoms with Crippen LogP contribution in [0.5, 0.6) is 0 Å². The quantitative estimate of drug-likeness (QED) is 0.634. The maximum absolute atomic E-state index is 11.5. The first-order valence-corrected chi connectivity index (χ1v) is 5.76. The van der Waals surface area contributed by atoms with Gasteiger partial charge in [0.05, 0.1) is 0 Å². The average molecular weight is 298 g/mol. The molecule has 15 heavy (non-hydrogen) atoms. The van der Waals surface area contributed by atoms with Crippen molar-refractivity contribution in [1.29, 1.82) is 0 Å². The minimum absolute atomic E-state index is 0. The van der Waals surface area contributed by atoms with Crippen LogP contribution >= 0.6 is 11.8 Å². The van der Waals surface area contributed by atoms with Gasteiger partial charge in [0.1, 0.15) is 5.78 Å². The van der Waals surface area contributed by atoms with Gasteiger partial charge in [-0.25, -0.2) is 0 Å². The van der Waals surface area contributed by atoms with Crippen LogP contribution in [0.4, 0.5) is 0 Å². The second kappa shape index (κ2) is 7.83. The van der Waals surface area contributed by atoms with Crippen molar-refractivity contribution in [2.75, 3.05) is 5.75 Å². The topological polar surface area (TPSA) is 37.3 Å². The standard InChI is InChI=1S/C10H14BO2S.Y/c1-11(13)9-5-3-8(4-6-9)10(12)7-14-2;/h3,5-6,8,13H,2,4,7H2,1H3;/q-1;. The van der Waals surface area contributed by atoms with Crippen molar-refractivity contribution in [1.82, 2.24) is 0 Å². The van der Waals surface area contributed by atoms with Crippen LogP contribution in [0.15, 0.2) is 23.7 Å². The molecule has 79 valence electrons. The summed E-state index contributed by atoms with van der Waals surface area (Å²) in [5.74, 6) is 0.654. The molecular formula is C10H14BO2SY-. The van der Waals surface area contributed by atoms with Crippen LogP contribution in [0.2, 0.25) is 6.82 Å². The van der Waals surface area contributed by atoms with E-state index in [9.17, 15) is 9.82 Å². The molecule has 0 bridgehead atoms. The number of hydrogen-bond donors (Lipinski definition) is 1. The number of Topliss-reactive ketones (excluding diaryl/α,β-unsaturated/α-hetero) is 1. The second-order valence-corrected chi connectivity index (χ2v) is 4.09. The van der Waals surface area contributed by atoms with E-state index in [0.717, 1.165) is 5.47 Å². The molecule has 0 aromatic heterocycles. The SMILES string of the molecule is [CH2-]SCC(=O)C1C=CC(B(C)O)=CC1.[Y]. The third-order valence-electron chi connectivity index (χ3n) is 2.27. The van der Waals surface area contributed by atoms with Crippen LogP contribution in [-0.4, -0.2) is 23.5 Å². The Morgan fingerprint density at radius 2 is 2.47 bits per heavy atom. The fourth-order valence-corrected chi connectivity index (χ4v) is 1.81. The van der Waals surface area contributed by atoms with Crippen LogP contribution in [0.25, 0.3) is 0 Å². The number of allylic oxidation sites excluding steroid dienone is 4. The van der Waals surface area contributed by atoms with Gasteiger partial charge in [0.15, 0.2) is 0 Å². The van der Waals surface area contributed by atoms with Gasteiger partial charge < -0.3 is 16.8 Å². The number of ketones is 1. The molecule has 0 fully saturated rings. The maximum Gasteiger partial charge on any atom is 0.320 e. The van der Waals surface area contributed by atoms with Crippen molar-refractivity contribution in [3.8, 4) is 0 Å². The summed E-state index contributed by atoms with van der Waals surface area (Å²) in [6.07, 6.45) is 9.93. The molecule has 5 heteroatoms. The average Bonchev–Trinajstić information content (AvgIpc) is 2.18. The van der Waals surface area contributed by atoms with Crippen LogP contribution < -0.4 is 0 Å². The monoisotopic (exact) mass is 298 g/mol. The summed E-state index contributed by atoms with van der Waals surface area (Å²) in [7, 11) is 0. The fourth-order valence-electron chi connectivity index (χ4n) is 1.39. The summed E-state index contributed by atoms with van der Waals surface area (Å²) >= 11 is 1.31. The molecule has 0 saturated carbocycles. The van der Waals surface area contributed by atoms with E-state index in [1.54, 1.807) is 6.82 Å². The van der Waals surface area contributed by atoms with Crippen LogP contribution in [-0.2, 0) is 37.5 Å². The zero-order valence-electron chi connectivity index (χ0n) is 8.85. The van der Waals surface area contributed by atoms with Gasteiger partial charge in [0.25, 0.3) is 0 Å². The van der Waals surface area contributed by atoms with Crippen molar-refractivity contribution in [2.45, 2.75) is 13.2 Å². The van der Waals surface area contributed by atoms with Crippen molar-refractivity contribution in [3.63, 3.8) is 0 Å². The molecule has 1 unspecified atom stereocenters. The van der Waals surface area contributed by atoms with Gasteiger partial charge >= 0.3 is 6.92 Å². The number of hydrogen-bond acceptors (Lipinski definition) is 3. The molecule has 1 rings (SSSR count). The van der Waals surface area contributed by atoms with Gasteiger partial charge in [-0.05, 0) is 6.42 Å². The summed E-state index contributed by atoms with van der Waals surface area (Å²) in [6.45, 7) is 1.29. The smallest absolute Gasteiger partial charge is 0.320 e. The first-order valence-electron chi connectivity index (χ1n) is 4.61. The van der Waals surface area contributed by atoms with Crippen molar-refractivity contribution in [3.05, 3.63) is 30.0 Å². The number of rotatable bonds is 4. The molecular weight excluding hydrogens is 284 g/mol. The van der Waals surface area contributed by atoms with Crippen molar-refractivity contribution >= 4 is 24.5 Å². The molecule has 0 aromatic carbocycles. The van der Waals surface area contributed by atoms with Crippen LogP contribution in [0, 0.1) is 12.2 Å². The van der Waals surface area contributed by atoms with Gasteiger partial charge in [0.2, 0.25) is 0 Å². The Balaban J connectivity index is 0.00000196. The zero-order chi connectivity index (χ0) is 10.6. The minimum atomic E-state index is -0.440. The molecule has 0 aromatic rings. The molecule has 1 atom stereocenters. The van der Waals surface area contributed by atoms with E-state index in [1.165, 1.54) is 11.8 Å². The largest absolute Gasteiger partial charge is 0.447 e. The van der Waals surface area contributed by atoms with Crippen LogP contribution in [0.1, 0.15) is 6.42 Å². The summed E-state index contributed by atoms with van der Waals surface area (Å²) < 4.78 is 0. The summed E-state index contributed by atoms with van der Waals surface area (Å²) in [5, 5.41) is 9.29. The number of carbonyl (C=O) groups excluding carboxylic acids is 1. The minimum Gasteiger partial charge on any atom is -0.447 e. The Bertz CT molecular complexity index is 277. The molecule has 2 nitrogen and oxygen atoms in total. The maximum atomic E-state index is 11.5. The second-order valence-electron chi connectivity index (χ2n) is 3.40. The Morgan fingerprint density at radius 3 is 2.87 bits per heavy atom. The van der Waals surface area contributed by atoms with E-state index in [1.807, 2.05) is 18.2 Å². The summed E-state index contributed by atoms with van der Waals surface area (Å²) in [5.41, 5.74) is 0.899. The van der Waals surface area contributed by atoms with E-state index in [0.29, 0.717) is 12.2 Å². The Labute approximate surface area is 121 Å². The molecule has 1 N–H and O–H groups in total. The van der Waals surface area contributed by atoms with Crippen LogP contribution in [0.3, 0.4) is 0 Å². The zero-order valence-corrected chi connectivity index (χ0v) is 12.5. The molecule has 0 heterocycles. The molecule has 0 saturated heterocycles. The number of carbonyl (C=O) groups is 1. The molecule has 1 aliphatic rings. The van der Waals surface area contributed by atoms with Crippen molar-refractivity contribution < 1.29 is 42.5 Å². The van der Waals surface area contributed by atoms with Gasteiger partial charge in [-0.15, -0.1) is 0 Å². The van der Waals surface area contributed by atoms with E-state index >= 15 is 0 Å². The van der Waals surface area contributed by atoms with Gasteiger partial charge in [-0.3, -0.25) is 11.1 Å². The van der Waals surface area contributed by atoms with Gasteiger partial charge in [-0.2, -0.15) is 0 Å². The van der Waals surface area contributed by atoms with E-state index < -0.39 is 6.92 Å². The van der Waals surface area contributed by atoms with E-state index in [-0.39, 0.29) is 44.4 Å². The van der Waals surface area contributed by atoms with Gasteiger partial charge in [-0.1, -0.05) is 30.5 Å². The molecule has 0 aliphatic heterocycles. The predicted molar refractivity (Wildman–Crippen MR) is 62.0 cm³/mol. The van der Waals surface area contributed by atoms with Crippen molar-refractivity contribution in [2.24, 2.45) is 5.92 Å². The first kappa shape index (κ1) is 15.6. The molecule has 1 aliphatic carbocycles. The number of thioether (sulfide) groups is 1. The normalized spacial score (nSPS) is 19.1. The van der Waals surface area contributed by atoms with Gasteiger partial charge in [0, 0.05) is 44.4 Å². The predicted octanol–water partition coefficient (Wildman–Crippen LogP) is 1.73. The fraction of sp³-hybridized carbons (Fsp3) is 0.400. The summed E-state index contributed by atoms with van der Waals surface area (Å²) in [6, 6.07) is 0. The van der Waals surface area contributed by atoms with E-state index in [4.69, 9.17) is 0 Å². The first-order chi connectivity index (χ1) is 6.65. The summed E-state index contributed by atoms with van der Waals surface area (Å²) in [4.78, 5) is 11.5. The van der Waals surface area contributed by atoms with E-state index in [2.05, 4.69) is 6.26 Å². The Morgan fingerprint density at radius 1 is 1.80 bits per heavy atom. The Kier molecular flexibility index (Phi) is 8.16. The molecule has 0 amide bonds. The third-order valence-corrected chi connectivity index (χ3v) is 2.76. The molecule has 1 radical (unpaired) electrons. The molecule has 0 spiro atoms. The Hall–Kier alpha value is 0.629. The third kappa shape index (κ3) is 4.99.